The fourth-order valence-corrected chi connectivity index (χ4v) is 2.22. The number of nitrogen functional groups attached to an aromatic ring is 1. The number of nitrogens with one attached hydrogen (secondary N) is 1. The van der Waals surface area contributed by atoms with Gasteiger partial charge in [-0.05, 0) is 6.42 Å². The molecular weight excluding hydrogens is 242 g/mol. The fraction of sp³-hybridized carbons (Fsp3) is 0.556. The SMILES string of the molecule is CN1CC(NC(=O)c2nnc(N)s2)CCC1=O. The van der Waals surface area contributed by atoms with Gasteiger partial charge in [-0.2, -0.15) is 0 Å². The standard InChI is InChI=1S/C9H13N5O2S/c1-14-4-5(2-3-6(14)15)11-7(16)8-12-13-9(10)17-8/h5H,2-4H2,1H3,(H2,10,13)(H,11,16). The van der Waals surface area contributed by atoms with Gasteiger partial charge in [0, 0.05) is 26.1 Å². The van der Waals surface area contributed by atoms with E-state index in [-0.39, 0.29) is 28.0 Å². The Morgan fingerprint density at radius 2 is 2.35 bits per heavy atom. The summed E-state index contributed by atoms with van der Waals surface area (Å²) < 4.78 is 0. The number of hydrogen-bond donors (Lipinski definition) is 2. The van der Waals surface area contributed by atoms with Gasteiger partial charge in [-0.1, -0.05) is 11.3 Å². The van der Waals surface area contributed by atoms with Crippen LogP contribution in [0.4, 0.5) is 5.13 Å². The van der Waals surface area contributed by atoms with E-state index in [1.807, 2.05) is 0 Å². The third-order valence-electron chi connectivity index (χ3n) is 2.60. The summed E-state index contributed by atoms with van der Waals surface area (Å²) >= 11 is 1.05. The van der Waals surface area contributed by atoms with E-state index in [4.69, 9.17) is 5.73 Å². The molecule has 0 bridgehead atoms. The van der Waals surface area contributed by atoms with Crippen LogP contribution in [0.5, 0.6) is 0 Å². The third kappa shape index (κ3) is 2.70. The van der Waals surface area contributed by atoms with Crippen molar-refractivity contribution in [3.63, 3.8) is 0 Å². The first kappa shape index (κ1) is 11.8. The summed E-state index contributed by atoms with van der Waals surface area (Å²) in [5, 5.41) is 10.6. The van der Waals surface area contributed by atoms with E-state index < -0.39 is 0 Å². The van der Waals surface area contributed by atoms with Crippen LogP contribution in [0.1, 0.15) is 22.6 Å². The maximum atomic E-state index is 11.8. The average molecular weight is 255 g/mol. The van der Waals surface area contributed by atoms with Gasteiger partial charge in [-0.15, -0.1) is 10.2 Å². The Balaban J connectivity index is 1.93. The molecule has 1 aromatic rings. The Morgan fingerprint density at radius 1 is 1.59 bits per heavy atom. The highest BCUT2D eigenvalue weighted by molar-refractivity contribution is 7.16. The van der Waals surface area contributed by atoms with Crippen LogP contribution in [-0.2, 0) is 4.79 Å². The molecule has 92 valence electrons. The molecule has 2 heterocycles. The molecule has 1 unspecified atom stereocenters. The minimum Gasteiger partial charge on any atom is -0.374 e. The Bertz CT molecular complexity index is 446. The summed E-state index contributed by atoms with van der Waals surface area (Å²) in [6, 6.07) is -0.0321. The number of amides is 2. The molecular formula is C9H13N5O2S. The number of nitrogens with two attached hydrogens (primary N) is 1. The minimum atomic E-state index is -0.285. The van der Waals surface area contributed by atoms with Gasteiger partial charge in [0.2, 0.25) is 16.0 Å². The molecule has 0 aromatic carbocycles. The molecule has 1 fully saturated rings. The Labute approximate surface area is 102 Å². The lowest BCUT2D eigenvalue weighted by Crippen LogP contribution is -2.48. The van der Waals surface area contributed by atoms with Gasteiger partial charge in [0.15, 0.2) is 0 Å². The number of likely N-dealkylation sites (N-methyl/N-ethyl adjacent to an activating group) is 1. The number of hydrogen-bond acceptors (Lipinski definition) is 6. The maximum absolute atomic E-state index is 11.8. The number of carbonyl (C=O) groups excluding carboxylic acids is 2. The van der Waals surface area contributed by atoms with Gasteiger partial charge in [-0.25, -0.2) is 0 Å². The molecule has 2 amide bonds. The van der Waals surface area contributed by atoms with E-state index in [1.54, 1.807) is 11.9 Å². The van der Waals surface area contributed by atoms with E-state index in [1.165, 1.54) is 0 Å². The van der Waals surface area contributed by atoms with E-state index in [2.05, 4.69) is 15.5 Å². The molecule has 8 heteroatoms. The predicted molar refractivity (Wildman–Crippen MR) is 62.4 cm³/mol. The number of carbonyl (C=O) groups is 2. The normalized spacial score (nSPS) is 20.4. The highest BCUT2D eigenvalue weighted by Crippen LogP contribution is 2.13. The van der Waals surface area contributed by atoms with Crippen molar-refractivity contribution in [1.29, 1.82) is 0 Å². The topological polar surface area (TPSA) is 101 Å². The fourth-order valence-electron chi connectivity index (χ4n) is 1.70. The molecule has 1 aromatic heterocycles. The smallest absolute Gasteiger partial charge is 0.282 e. The number of likely N-dealkylation sites (tertiary alicyclic amines) is 1. The molecule has 0 radical (unpaired) electrons. The summed E-state index contributed by atoms with van der Waals surface area (Å²) in [5.41, 5.74) is 5.40. The van der Waals surface area contributed by atoms with Gasteiger partial charge in [0.05, 0.1) is 0 Å². The second kappa shape index (κ2) is 4.66. The van der Waals surface area contributed by atoms with Gasteiger partial charge < -0.3 is 16.0 Å². The number of nitrogens with zero attached hydrogens (tertiary/aromatic N) is 3. The van der Waals surface area contributed by atoms with Crippen LogP contribution in [0.15, 0.2) is 0 Å². The van der Waals surface area contributed by atoms with Crippen molar-refractivity contribution in [1.82, 2.24) is 20.4 Å². The molecule has 1 aliphatic rings. The Morgan fingerprint density at radius 3 is 2.94 bits per heavy atom. The second-order valence-corrected chi connectivity index (χ2v) is 4.94. The average Bonchev–Trinajstić information content (AvgIpc) is 2.70. The van der Waals surface area contributed by atoms with E-state index >= 15 is 0 Å². The van der Waals surface area contributed by atoms with Crippen LogP contribution in [0, 0.1) is 0 Å². The molecule has 0 aliphatic carbocycles. The second-order valence-electron chi connectivity index (χ2n) is 3.93. The summed E-state index contributed by atoms with van der Waals surface area (Å²) in [4.78, 5) is 24.6. The molecule has 1 saturated heterocycles. The summed E-state index contributed by atoms with van der Waals surface area (Å²) in [5.74, 6) is -0.178. The lowest BCUT2D eigenvalue weighted by Gasteiger charge is -2.29. The molecule has 17 heavy (non-hydrogen) atoms. The Hall–Kier alpha value is -1.70. The Kier molecular flexibility index (Phi) is 3.23. The van der Waals surface area contributed by atoms with Crippen molar-refractivity contribution >= 4 is 28.3 Å². The highest BCUT2D eigenvalue weighted by atomic mass is 32.1. The zero-order valence-corrected chi connectivity index (χ0v) is 10.2. The summed E-state index contributed by atoms with van der Waals surface area (Å²) in [6.45, 7) is 0.527. The number of anilines is 1. The highest BCUT2D eigenvalue weighted by Gasteiger charge is 2.25. The van der Waals surface area contributed by atoms with Crippen LogP contribution < -0.4 is 11.1 Å². The zero-order chi connectivity index (χ0) is 12.4. The van der Waals surface area contributed by atoms with Gasteiger partial charge in [0.25, 0.3) is 5.91 Å². The van der Waals surface area contributed by atoms with Crippen molar-refractivity contribution in [2.45, 2.75) is 18.9 Å². The molecule has 1 atom stereocenters. The lowest BCUT2D eigenvalue weighted by molar-refractivity contribution is -0.132. The number of aromatic nitrogens is 2. The van der Waals surface area contributed by atoms with Gasteiger partial charge >= 0.3 is 0 Å². The first-order chi connectivity index (χ1) is 8.06. The molecule has 0 saturated carbocycles. The first-order valence-corrected chi connectivity index (χ1v) is 6.01. The lowest BCUT2D eigenvalue weighted by atomic mass is 10.1. The van der Waals surface area contributed by atoms with Crippen LogP contribution in [0.3, 0.4) is 0 Å². The third-order valence-corrected chi connectivity index (χ3v) is 3.35. The molecule has 3 N–H and O–H groups in total. The van der Waals surface area contributed by atoms with Crippen molar-refractivity contribution in [2.24, 2.45) is 0 Å². The van der Waals surface area contributed by atoms with Gasteiger partial charge in [0.1, 0.15) is 0 Å². The molecule has 2 rings (SSSR count). The number of rotatable bonds is 2. The van der Waals surface area contributed by atoms with Gasteiger partial charge in [-0.3, -0.25) is 9.59 Å². The molecule has 0 spiro atoms. The first-order valence-electron chi connectivity index (χ1n) is 5.20. The van der Waals surface area contributed by atoms with Crippen molar-refractivity contribution in [3.8, 4) is 0 Å². The van der Waals surface area contributed by atoms with E-state index in [9.17, 15) is 9.59 Å². The largest absolute Gasteiger partial charge is 0.374 e. The zero-order valence-electron chi connectivity index (χ0n) is 9.34. The van der Waals surface area contributed by atoms with Crippen LogP contribution in [0.2, 0.25) is 0 Å². The van der Waals surface area contributed by atoms with Crippen LogP contribution in [-0.4, -0.2) is 46.5 Å². The molecule has 1 aliphatic heterocycles. The summed E-state index contributed by atoms with van der Waals surface area (Å²) in [6.07, 6.45) is 1.11. The minimum absolute atomic E-state index is 0.0321. The van der Waals surface area contributed by atoms with Crippen LogP contribution >= 0.6 is 11.3 Å². The van der Waals surface area contributed by atoms with E-state index in [0.29, 0.717) is 19.4 Å². The summed E-state index contributed by atoms with van der Waals surface area (Å²) in [7, 11) is 1.73. The van der Waals surface area contributed by atoms with Crippen molar-refractivity contribution in [2.75, 3.05) is 19.3 Å². The van der Waals surface area contributed by atoms with Crippen molar-refractivity contribution < 1.29 is 9.59 Å². The maximum Gasteiger partial charge on any atom is 0.282 e. The van der Waals surface area contributed by atoms with Crippen molar-refractivity contribution in [3.05, 3.63) is 5.01 Å². The molecule has 7 nitrogen and oxygen atoms in total. The van der Waals surface area contributed by atoms with Crippen LogP contribution in [0.25, 0.3) is 0 Å². The predicted octanol–water partition coefficient (Wildman–Crippen LogP) is -0.529. The van der Waals surface area contributed by atoms with E-state index in [0.717, 1.165) is 11.3 Å². The monoisotopic (exact) mass is 255 g/mol. The number of piperidine rings is 1. The quantitative estimate of drug-likeness (QED) is 0.740.